The minimum Gasteiger partial charge on any atom is -0.372 e. The zero-order valence-electron chi connectivity index (χ0n) is 14.0. The van der Waals surface area contributed by atoms with Gasteiger partial charge in [0.15, 0.2) is 0 Å². The molecule has 5 heteroatoms. The topological polar surface area (TPSA) is 57.3 Å². The monoisotopic (exact) mass is 324 g/mol. The molecule has 1 atom stereocenters. The van der Waals surface area contributed by atoms with Crippen LogP contribution >= 0.6 is 0 Å². The van der Waals surface area contributed by atoms with Crippen molar-refractivity contribution in [2.45, 2.75) is 32.4 Å². The number of benzene rings is 1. The first-order chi connectivity index (χ1) is 11.7. The van der Waals surface area contributed by atoms with Gasteiger partial charge in [-0.3, -0.25) is 4.98 Å². The van der Waals surface area contributed by atoms with Gasteiger partial charge in [-0.25, -0.2) is 4.79 Å². The Morgan fingerprint density at radius 1 is 1.21 bits per heavy atom. The number of nitrogens with zero attached hydrogens (tertiary/aromatic N) is 2. The summed E-state index contributed by atoms with van der Waals surface area (Å²) in [6, 6.07) is 12.0. The number of aromatic nitrogens is 1. The molecule has 0 unspecified atom stereocenters. The molecular weight excluding hydrogens is 300 g/mol. The summed E-state index contributed by atoms with van der Waals surface area (Å²) in [7, 11) is 0. The largest absolute Gasteiger partial charge is 0.372 e. The van der Waals surface area contributed by atoms with Crippen LogP contribution < -0.4 is 15.5 Å². The van der Waals surface area contributed by atoms with Crippen LogP contribution in [0.1, 0.15) is 36.9 Å². The number of anilines is 1. The normalized spacial score (nSPS) is 15.1. The minimum atomic E-state index is -0.161. The maximum Gasteiger partial charge on any atom is 0.315 e. The average molecular weight is 324 g/mol. The predicted octanol–water partition coefficient (Wildman–Crippen LogP) is 3.24. The van der Waals surface area contributed by atoms with Gasteiger partial charge in [-0.2, -0.15) is 0 Å². The number of rotatable bonds is 5. The van der Waals surface area contributed by atoms with Crippen LogP contribution in [-0.2, 0) is 6.54 Å². The average Bonchev–Trinajstić information content (AvgIpc) is 3.16. The Bertz CT molecular complexity index is 668. The molecule has 1 aromatic heterocycles. The van der Waals surface area contributed by atoms with Crippen molar-refractivity contribution in [3.63, 3.8) is 0 Å². The van der Waals surface area contributed by atoms with Crippen molar-refractivity contribution in [1.82, 2.24) is 15.6 Å². The van der Waals surface area contributed by atoms with Gasteiger partial charge >= 0.3 is 6.03 Å². The number of amides is 2. The molecule has 5 nitrogen and oxygen atoms in total. The van der Waals surface area contributed by atoms with Crippen LogP contribution in [0.15, 0.2) is 48.8 Å². The highest BCUT2D eigenvalue weighted by Crippen LogP contribution is 2.23. The Balaban J connectivity index is 1.55. The lowest BCUT2D eigenvalue weighted by atomic mass is 10.1. The predicted molar refractivity (Wildman–Crippen MR) is 95.9 cm³/mol. The van der Waals surface area contributed by atoms with Gasteiger partial charge in [-0.15, -0.1) is 0 Å². The molecule has 1 saturated heterocycles. The van der Waals surface area contributed by atoms with Gasteiger partial charge < -0.3 is 15.5 Å². The fourth-order valence-corrected chi connectivity index (χ4v) is 2.98. The molecule has 1 aliphatic heterocycles. The summed E-state index contributed by atoms with van der Waals surface area (Å²) >= 11 is 0. The van der Waals surface area contributed by atoms with E-state index < -0.39 is 0 Å². The molecule has 0 aliphatic carbocycles. The molecule has 2 aromatic rings. The highest BCUT2D eigenvalue weighted by atomic mass is 16.2. The van der Waals surface area contributed by atoms with Gasteiger partial charge in [0.1, 0.15) is 0 Å². The second-order valence-corrected chi connectivity index (χ2v) is 6.19. The Hall–Kier alpha value is -2.56. The van der Waals surface area contributed by atoms with Crippen LogP contribution in [0.2, 0.25) is 0 Å². The molecule has 2 N–H and O–H groups in total. The second-order valence-electron chi connectivity index (χ2n) is 6.19. The standard InChI is InChI=1S/C19H24N4O/c1-15(22-19(24)21-14-16-7-9-20-10-8-16)17-5-4-6-18(13-17)23-11-2-3-12-23/h4-10,13,15H,2-3,11-12,14H2,1H3,(H2,21,22,24)/t15-/m1/s1. The van der Waals surface area contributed by atoms with E-state index in [1.807, 2.05) is 19.1 Å². The molecule has 24 heavy (non-hydrogen) atoms. The maximum atomic E-state index is 12.1. The Labute approximate surface area is 143 Å². The van der Waals surface area contributed by atoms with Gasteiger partial charge in [0.25, 0.3) is 0 Å². The third-order valence-electron chi connectivity index (χ3n) is 4.39. The molecule has 0 radical (unpaired) electrons. The van der Waals surface area contributed by atoms with E-state index in [0.717, 1.165) is 24.2 Å². The van der Waals surface area contributed by atoms with E-state index in [0.29, 0.717) is 6.54 Å². The molecular formula is C19H24N4O. The van der Waals surface area contributed by atoms with Crippen molar-refractivity contribution in [3.8, 4) is 0 Å². The molecule has 3 rings (SSSR count). The lowest BCUT2D eigenvalue weighted by Crippen LogP contribution is -2.36. The zero-order chi connectivity index (χ0) is 16.8. The molecule has 126 valence electrons. The van der Waals surface area contributed by atoms with Crippen molar-refractivity contribution in [2.75, 3.05) is 18.0 Å². The number of carbonyl (C=O) groups excluding carboxylic acids is 1. The van der Waals surface area contributed by atoms with Crippen LogP contribution in [0.4, 0.5) is 10.5 Å². The van der Waals surface area contributed by atoms with E-state index >= 15 is 0 Å². The van der Waals surface area contributed by atoms with Gasteiger partial charge in [0.2, 0.25) is 0 Å². The van der Waals surface area contributed by atoms with Gasteiger partial charge in [0, 0.05) is 37.7 Å². The zero-order valence-corrected chi connectivity index (χ0v) is 14.0. The molecule has 1 aromatic carbocycles. The summed E-state index contributed by atoms with van der Waals surface area (Å²) in [5.74, 6) is 0. The Kier molecular flexibility index (Phi) is 5.31. The number of nitrogens with one attached hydrogen (secondary N) is 2. The summed E-state index contributed by atoms with van der Waals surface area (Å²) in [5.41, 5.74) is 3.40. The van der Waals surface area contributed by atoms with Crippen LogP contribution in [-0.4, -0.2) is 24.1 Å². The molecule has 2 amide bonds. The fourth-order valence-electron chi connectivity index (χ4n) is 2.98. The van der Waals surface area contributed by atoms with E-state index in [4.69, 9.17) is 0 Å². The molecule has 1 fully saturated rings. The first-order valence-corrected chi connectivity index (χ1v) is 8.50. The quantitative estimate of drug-likeness (QED) is 0.888. The third-order valence-corrected chi connectivity index (χ3v) is 4.39. The van der Waals surface area contributed by atoms with Gasteiger partial charge in [-0.1, -0.05) is 12.1 Å². The van der Waals surface area contributed by atoms with Crippen LogP contribution in [0, 0.1) is 0 Å². The van der Waals surface area contributed by atoms with Crippen molar-refractivity contribution in [3.05, 3.63) is 59.9 Å². The maximum absolute atomic E-state index is 12.1. The summed E-state index contributed by atoms with van der Waals surface area (Å²) in [4.78, 5) is 18.5. The van der Waals surface area contributed by atoms with Crippen molar-refractivity contribution < 1.29 is 4.79 Å². The lowest BCUT2D eigenvalue weighted by molar-refractivity contribution is 0.237. The smallest absolute Gasteiger partial charge is 0.315 e. The molecule has 1 aliphatic rings. The Morgan fingerprint density at radius 2 is 1.96 bits per heavy atom. The minimum absolute atomic E-state index is 0.0370. The molecule has 2 heterocycles. The van der Waals surface area contributed by atoms with Crippen molar-refractivity contribution in [1.29, 1.82) is 0 Å². The van der Waals surface area contributed by atoms with Crippen molar-refractivity contribution >= 4 is 11.7 Å². The lowest BCUT2D eigenvalue weighted by Gasteiger charge is -2.21. The summed E-state index contributed by atoms with van der Waals surface area (Å²) < 4.78 is 0. The highest BCUT2D eigenvalue weighted by Gasteiger charge is 2.14. The number of urea groups is 1. The summed E-state index contributed by atoms with van der Waals surface area (Å²) in [5, 5.41) is 5.88. The Morgan fingerprint density at radius 3 is 2.71 bits per heavy atom. The first kappa shape index (κ1) is 16.3. The number of carbonyl (C=O) groups is 1. The van der Waals surface area contributed by atoms with Crippen LogP contribution in [0.25, 0.3) is 0 Å². The van der Waals surface area contributed by atoms with Crippen LogP contribution in [0.5, 0.6) is 0 Å². The number of pyridine rings is 1. The molecule has 0 bridgehead atoms. The van der Waals surface area contributed by atoms with E-state index in [1.54, 1.807) is 12.4 Å². The van der Waals surface area contributed by atoms with Crippen molar-refractivity contribution in [2.24, 2.45) is 0 Å². The fraction of sp³-hybridized carbons (Fsp3) is 0.368. The van der Waals surface area contributed by atoms with E-state index in [2.05, 4.69) is 44.8 Å². The van der Waals surface area contributed by atoms with Gasteiger partial charge in [0.05, 0.1) is 6.04 Å². The molecule has 0 saturated carbocycles. The SMILES string of the molecule is C[C@@H](NC(=O)NCc1ccncc1)c1cccc(N2CCCC2)c1. The van der Waals surface area contributed by atoms with E-state index in [-0.39, 0.29) is 12.1 Å². The van der Waals surface area contributed by atoms with E-state index in [1.165, 1.54) is 18.5 Å². The number of hydrogen-bond acceptors (Lipinski definition) is 3. The summed E-state index contributed by atoms with van der Waals surface area (Å²) in [6.45, 7) is 4.75. The number of hydrogen-bond donors (Lipinski definition) is 2. The highest BCUT2D eigenvalue weighted by molar-refractivity contribution is 5.74. The molecule has 0 spiro atoms. The summed E-state index contributed by atoms with van der Waals surface area (Å²) in [6.07, 6.45) is 5.97. The van der Waals surface area contributed by atoms with Crippen LogP contribution in [0.3, 0.4) is 0 Å². The van der Waals surface area contributed by atoms with Gasteiger partial charge in [-0.05, 0) is 55.2 Å². The third kappa shape index (κ3) is 4.25. The second kappa shape index (κ2) is 7.81. The van der Waals surface area contributed by atoms with E-state index in [9.17, 15) is 4.79 Å². The first-order valence-electron chi connectivity index (χ1n) is 8.50.